The van der Waals surface area contributed by atoms with Crippen LogP contribution in [0.4, 0.5) is 0 Å². The van der Waals surface area contributed by atoms with E-state index in [9.17, 15) is 48.6 Å². The highest BCUT2D eigenvalue weighted by molar-refractivity contribution is 5.93. The zero-order valence-electron chi connectivity index (χ0n) is 73.0. The maximum atomic E-state index is 12.7. The van der Waals surface area contributed by atoms with Gasteiger partial charge in [-0.3, -0.25) is 0 Å². The van der Waals surface area contributed by atoms with Crippen LogP contribution in [0.3, 0.4) is 0 Å². The molecule has 0 aliphatic heterocycles. The van der Waals surface area contributed by atoms with Crippen molar-refractivity contribution >= 4 is 47.8 Å². The Morgan fingerprint density at radius 1 is 0.333 bits per heavy atom. The number of rotatable bonds is 30. The van der Waals surface area contributed by atoms with Crippen molar-refractivity contribution in [3.05, 3.63) is 287 Å². The fraction of sp³-hybridized carbons (Fsp3) is 0.434. The Labute approximate surface area is 695 Å². The number of hydrogen-bond acceptors (Lipinski definition) is 18. The van der Waals surface area contributed by atoms with Gasteiger partial charge in [0.1, 0.15) is 41.2 Å². The van der Waals surface area contributed by atoms with Crippen LogP contribution in [0.15, 0.2) is 243 Å². The molecule has 9 unspecified atom stereocenters. The number of esters is 8. The number of benzene rings is 8. The molecule has 0 radical (unpaired) electrons. The van der Waals surface area contributed by atoms with Crippen LogP contribution in [0.5, 0.6) is 0 Å². The molecule has 0 bridgehead atoms. The Morgan fingerprint density at radius 2 is 0.607 bits per heavy atom. The maximum absolute atomic E-state index is 12.7. The van der Waals surface area contributed by atoms with Crippen molar-refractivity contribution < 1.29 is 86.5 Å². The van der Waals surface area contributed by atoms with Gasteiger partial charge in [-0.25, -0.2) is 38.4 Å². The molecule has 0 heterocycles. The van der Waals surface area contributed by atoms with E-state index in [1.165, 1.54) is 0 Å². The van der Waals surface area contributed by atoms with Gasteiger partial charge in [-0.05, 0) is 226 Å². The summed E-state index contributed by atoms with van der Waals surface area (Å²) in [6.07, 6.45) is -0.0912. The predicted octanol–water partition coefficient (Wildman–Crippen LogP) is 21.8. The molecule has 8 aromatic rings. The normalized spacial score (nSPS) is 14.3. The van der Waals surface area contributed by atoms with E-state index >= 15 is 0 Å². The van der Waals surface area contributed by atoms with Gasteiger partial charge in [0.05, 0.1) is 56.2 Å². The van der Waals surface area contributed by atoms with E-state index in [1.54, 1.807) is 250 Å². The van der Waals surface area contributed by atoms with Gasteiger partial charge in [0.25, 0.3) is 0 Å². The summed E-state index contributed by atoms with van der Waals surface area (Å²) >= 11 is 0. The van der Waals surface area contributed by atoms with Gasteiger partial charge in [-0.1, -0.05) is 236 Å². The highest BCUT2D eigenvalue weighted by Crippen LogP contribution is 2.41. The summed E-state index contributed by atoms with van der Waals surface area (Å²) in [5.41, 5.74) is -1.55. The van der Waals surface area contributed by atoms with E-state index in [4.69, 9.17) is 37.9 Å². The number of ether oxygens (including phenoxy) is 8. The van der Waals surface area contributed by atoms with Crippen LogP contribution in [0.25, 0.3) is 0 Å². The van der Waals surface area contributed by atoms with E-state index < -0.39 is 106 Å². The van der Waals surface area contributed by atoms with Crippen molar-refractivity contribution in [1.29, 1.82) is 0 Å². The molecule has 0 amide bonds. The first-order valence-corrected chi connectivity index (χ1v) is 40.3. The van der Waals surface area contributed by atoms with Gasteiger partial charge in [-0.2, -0.15) is 0 Å². The molecule has 632 valence electrons. The van der Waals surface area contributed by atoms with Crippen LogP contribution in [-0.2, 0) is 37.9 Å². The summed E-state index contributed by atoms with van der Waals surface area (Å²) in [4.78, 5) is 100. The molecule has 2 N–H and O–H groups in total. The first-order chi connectivity index (χ1) is 54.7. The third kappa shape index (κ3) is 31.8. The lowest BCUT2D eigenvalue weighted by Crippen LogP contribution is -2.57. The minimum atomic E-state index is -1.03. The quantitative estimate of drug-likeness (QED) is 0.0313. The highest BCUT2D eigenvalue weighted by atomic mass is 16.6. The highest BCUT2D eigenvalue weighted by Gasteiger charge is 2.52. The van der Waals surface area contributed by atoms with Crippen LogP contribution in [0.2, 0.25) is 0 Å². The third-order valence-corrected chi connectivity index (χ3v) is 21.0. The molecule has 0 fully saturated rings. The largest absolute Gasteiger partial charge is 0.455 e. The molecule has 18 nitrogen and oxygen atoms in total. The second-order valence-corrected chi connectivity index (χ2v) is 34.1. The number of hydrogen-bond donors (Lipinski definition) is 2. The molecule has 8 aromatic carbocycles. The molecule has 117 heavy (non-hydrogen) atoms. The molecule has 9 atom stereocenters. The predicted molar refractivity (Wildman–Crippen MR) is 460 cm³/mol. The fourth-order valence-corrected chi connectivity index (χ4v) is 12.4. The van der Waals surface area contributed by atoms with E-state index in [1.807, 2.05) is 118 Å². The van der Waals surface area contributed by atoms with E-state index in [0.717, 1.165) is 12.8 Å². The Hall–Kier alpha value is -10.6. The summed E-state index contributed by atoms with van der Waals surface area (Å²) in [6, 6.07) is 70.6. The van der Waals surface area contributed by atoms with Gasteiger partial charge in [0.15, 0.2) is 5.60 Å². The second-order valence-electron chi connectivity index (χ2n) is 34.1. The lowest BCUT2D eigenvalue weighted by atomic mass is 9.76. The number of carbonyl (C=O) groups excluding carboxylic acids is 8. The van der Waals surface area contributed by atoms with Crippen molar-refractivity contribution in [2.24, 2.45) is 34.5 Å². The molecule has 0 saturated heterocycles. The van der Waals surface area contributed by atoms with Crippen molar-refractivity contribution in [2.75, 3.05) is 0 Å². The molecule has 0 aliphatic carbocycles. The van der Waals surface area contributed by atoms with E-state index in [-0.39, 0.29) is 34.5 Å². The van der Waals surface area contributed by atoms with Crippen molar-refractivity contribution in [3.8, 4) is 0 Å². The molecular weight excluding hydrogens is 1480 g/mol. The van der Waals surface area contributed by atoms with Crippen molar-refractivity contribution in [2.45, 2.75) is 243 Å². The lowest BCUT2D eigenvalue weighted by Gasteiger charge is -2.46. The smallest absolute Gasteiger partial charge is 0.338 e. The molecule has 8 rings (SSSR count). The number of carbonyl (C=O) groups is 8. The monoisotopic (exact) mass is 1600 g/mol. The first-order valence-electron chi connectivity index (χ1n) is 40.3. The maximum Gasteiger partial charge on any atom is 0.338 e. The zero-order chi connectivity index (χ0) is 87.7. The van der Waals surface area contributed by atoms with Gasteiger partial charge >= 0.3 is 47.8 Å². The molecular formula is C99H128O18. The minimum Gasteiger partial charge on any atom is -0.455 e. The Kier molecular flexibility index (Phi) is 38.7. The molecule has 0 aliphatic rings. The Bertz CT molecular complexity index is 4310. The Balaban J connectivity index is 0.000000314. The van der Waals surface area contributed by atoms with Crippen molar-refractivity contribution in [3.63, 3.8) is 0 Å². The molecule has 18 heteroatoms. The average molecular weight is 1610 g/mol. The molecule has 0 spiro atoms. The minimum absolute atomic E-state index is 0.0243. The SMILES string of the molecule is CC(C)C(C)C(OC(=O)c1ccccc1)C(C)OC(=O)c1ccccc1.CC(C)CC(C)(OC(=O)c1ccccc1)C(C)(C)OC(=O)c1ccccc1.CC(OC(=O)c1ccccc1)C(CC(C)(C)C)OC(=O)c1ccccc1.CCC(C)(C)C(O)C(C)(C)O.CCC(C)C(C)(OC(=O)c1ccccc1)C(C)(C)OC(=O)c1ccccc1. The van der Waals surface area contributed by atoms with Crippen LogP contribution >= 0.6 is 0 Å². The van der Waals surface area contributed by atoms with Gasteiger partial charge in [0.2, 0.25) is 0 Å². The van der Waals surface area contributed by atoms with Crippen LogP contribution in [-0.4, -0.2) is 116 Å². The number of aliphatic hydroxyl groups excluding tert-OH is 1. The van der Waals surface area contributed by atoms with Gasteiger partial charge in [0, 0.05) is 0 Å². The summed E-state index contributed by atoms with van der Waals surface area (Å²) in [5.74, 6) is -2.89. The average Bonchev–Trinajstić information content (AvgIpc) is 0.785. The fourth-order valence-electron chi connectivity index (χ4n) is 12.4. The molecule has 0 aromatic heterocycles. The topological polar surface area (TPSA) is 251 Å². The summed E-state index contributed by atoms with van der Waals surface area (Å²) in [5, 5.41) is 19.2. The Morgan fingerprint density at radius 3 is 0.880 bits per heavy atom. The first kappa shape index (κ1) is 98.8. The molecule has 0 saturated carbocycles. The van der Waals surface area contributed by atoms with Gasteiger partial charge in [-0.15, -0.1) is 0 Å². The van der Waals surface area contributed by atoms with E-state index in [0.29, 0.717) is 57.3 Å². The standard InChI is InChI=1S/2C23H28O4.2C22H26O4.C9H20O2/c1-17(2)16-23(5,27-21(25)19-14-10-7-11-15-19)22(3,4)26-20(24)18-12-8-6-9-13-18;1-6-17(2)23(5,27-21(25)19-15-11-8-12-16-19)22(3,4)26-20(24)18-13-9-7-10-14-18;1-16(25-20(23)17-11-7-5-8-12-17)19(15-22(2,3)4)26-21(24)18-13-9-6-10-14-18;1-15(2)16(3)20(26-22(24)19-13-9-6-10-14-19)17(4)25-21(23)18-11-7-5-8-12-18;1-6-8(2,3)7(10)9(4,5)11/h6-15,17H,16H2,1-5H3;7-17H,6H2,1-5H3;5-14,16,19H,15H2,1-4H3;5-17,20H,1-4H3;7,10-11H,6H2,1-5H3. The van der Waals surface area contributed by atoms with Crippen LogP contribution < -0.4 is 0 Å². The van der Waals surface area contributed by atoms with Crippen LogP contribution in [0, 0.1) is 34.5 Å². The van der Waals surface area contributed by atoms with Crippen molar-refractivity contribution in [1.82, 2.24) is 0 Å². The van der Waals surface area contributed by atoms with Gasteiger partial charge < -0.3 is 48.1 Å². The van der Waals surface area contributed by atoms with E-state index in [2.05, 4.69) is 34.6 Å². The number of aliphatic hydroxyl groups is 2. The zero-order valence-corrected chi connectivity index (χ0v) is 73.0. The summed E-state index contributed by atoms with van der Waals surface area (Å²) < 4.78 is 46.1. The lowest BCUT2D eigenvalue weighted by molar-refractivity contribution is -0.157. The summed E-state index contributed by atoms with van der Waals surface area (Å²) in [6.45, 7) is 43.9. The third-order valence-electron chi connectivity index (χ3n) is 21.0. The summed E-state index contributed by atoms with van der Waals surface area (Å²) in [7, 11) is 0. The van der Waals surface area contributed by atoms with Crippen LogP contribution in [0.1, 0.15) is 268 Å². The second kappa shape index (κ2) is 45.8.